The van der Waals surface area contributed by atoms with Crippen LogP contribution in [0.5, 0.6) is 0 Å². The molecule has 1 aliphatic heterocycles. The number of carbonyl (C=O) groups is 1. The van der Waals surface area contributed by atoms with Crippen molar-refractivity contribution in [2.24, 2.45) is 5.92 Å². The molecule has 6 nitrogen and oxygen atoms in total. The highest BCUT2D eigenvalue weighted by molar-refractivity contribution is 7.88. The molecule has 0 aromatic heterocycles. The van der Waals surface area contributed by atoms with E-state index in [2.05, 4.69) is 24.1 Å². The maximum Gasteiger partial charge on any atom is 0.228 e. The van der Waals surface area contributed by atoms with Gasteiger partial charge in [-0.3, -0.25) is 4.79 Å². The van der Waals surface area contributed by atoms with Crippen molar-refractivity contribution >= 4 is 27.3 Å². The van der Waals surface area contributed by atoms with Crippen molar-refractivity contribution in [1.29, 1.82) is 0 Å². The van der Waals surface area contributed by atoms with Crippen LogP contribution in [-0.4, -0.2) is 51.1 Å². The summed E-state index contributed by atoms with van der Waals surface area (Å²) in [7, 11) is -3.24. The zero-order chi connectivity index (χ0) is 17.7. The fraction of sp³-hybridized carbons (Fsp3) is 0.588. The summed E-state index contributed by atoms with van der Waals surface area (Å²) in [6, 6.07) is 7.77. The van der Waals surface area contributed by atoms with E-state index in [-0.39, 0.29) is 18.4 Å². The highest BCUT2D eigenvalue weighted by Crippen LogP contribution is 2.22. The molecule has 0 saturated carbocycles. The molecule has 24 heavy (non-hydrogen) atoms. The number of nitrogens with zero attached hydrogens (tertiary/aromatic N) is 2. The molecule has 0 spiro atoms. The summed E-state index contributed by atoms with van der Waals surface area (Å²) in [5, 5.41) is 2.91. The van der Waals surface area contributed by atoms with Gasteiger partial charge in [-0.15, -0.1) is 0 Å². The minimum Gasteiger partial charge on any atom is -0.372 e. The van der Waals surface area contributed by atoms with E-state index in [1.165, 1.54) is 10.6 Å². The molecule has 134 valence electrons. The number of hydrogen-bond acceptors (Lipinski definition) is 4. The lowest BCUT2D eigenvalue weighted by Gasteiger charge is -2.30. The first-order valence-electron chi connectivity index (χ1n) is 8.46. The predicted molar refractivity (Wildman–Crippen MR) is 97.8 cm³/mol. The number of piperidine rings is 1. The van der Waals surface area contributed by atoms with Gasteiger partial charge in [0.05, 0.1) is 12.2 Å². The monoisotopic (exact) mass is 353 g/mol. The van der Waals surface area contributed by atoms with E-state index in [9.17, 15) is 13.2 Å². The van der Waals surface area contributed by atoms with Crippen molar-refractivity contribution in [1.82, 2.24) is 4.31 Å². The van der Waals surface area contributed by atoms with Crippen molar-refractivity contribution in [2.45, 2.75) is 26.7 Å². The number of carbonyl (C=O) groups excluding carboxylic acids is 1. The fourth-order valence-electron chi connectivity index (χ4n) is 3.05. The van der Waals surface area contributed by atoms with E-state index >= 15 is 0 Å². The summed E-state index contributed by atoms with van der Waals surface area (Å²) >= 11 is 0. The van der Waals surface area contributed by atoms with Gasteiger partial charge in [0.2, 0.25) is 15.9 Å². The van der Waals surface area contributed by atoms with Gasteiger partial charge in [0.15, 0.2) is 0 Å². The Labute approximate surface area is 144 Å². The van der Waals surface area contributed by atoms with Gasteiger partial charge in [-0.05, 0) is 51.0 Å². The van der Waals surface area contributed by atoms with Crippen LogP contribution in [0.1, 0.15) is 26.7 Å². The van der Waals surface area contributed by atoms with Gasteiger partial charge in [0, 0.05) is 37.6 Å². The predicted octanol–water partition coefficient (Wildman–Crippen LogP) is 2.14. The lowest BCUT2D eigenvalue weighted by molar-refractivity contribution is -0.120. The zero-order valence-corrected chi connectivity index (χ0v) is 15.5. The first-order valence-corrected chi connectivity index (χ1v) is 10.3. The lowest BCUT2D eigenvalue weighted by atomic mass is 9.98. The summed E-state index contributed by atoms with van der Waals surface area (Å²) in [5.41, 5.74) is 1.87. The van der Waals surface area contributed by atoms with Crippen LogP contribution in [0.4, 0.5) is 11.4 Å². The third-order valence-electron chi connectivity index (χ3n) is 4.49. The fourth-order valence-corrected chi connectivity index (χ4v) is 3.96. The van der Waals surface area contributed by atoms with Gasteiger partial charge in [-0.1, -0.05) is 0 Å². The summed E-state index contributed by atoms with van der Waals surface area (Å²) in [6.45, 7) is 6.85. The van der Waals surface area contributed by atoms with Gasteiger partial charge in [0.25, 0.3) is 0 Å². The largest absolute Gasteiger partial charge is 0.372 e. The molecule has 0 radical (unpaired) electrons. The molecule has 0 unspecified atom stereocenters. The first-order chi connectivity index (χ1) is 11.3. The Morgan fingerprint density at radius 2 is 1.88 bits per heavy atom. The van der Waals surface area contributed by atoms with Crippen molar-refractivity contribution in [3.05, 3.63) is 24.3 Å². The SMILES string of the molecule is CCN(CC)c1ccc(NC(=O)[C@H]2CCCN(S(C)(=O)=O)C2)cc1. The smallest absolute Gasteiger partial charge is 0.228 e. The van der Waals surface area contributed by atoms with E-state index < -0.39 is 10.0 Å². The highest BCUT2D eigenvalue weighted by atomic mass is 32.2. The summed E-state index contributed by atoms with van der Waals surface area (Å²) in [5.74, 6) is -0.408. The Hall–Kier alpha value is -1.60. The Kier molecular flexibility index (Phi) is 6.23. The second kappa shape index (κ2) is 7.98. The molecule has 1 fully saturated rings. The summed E-state index contributed by atoms with van der Waals surface area (Å²) in [4.78, 5) is 14.7. The van der Waals surface area contributed by atoms with Gasteiger partial charge in [-0.2, -0.15) is 0 Å². The Morgan fingerprint density at radius 3 is 2.42 bits per heavy atom. The van der Waals surface area contributed by atoms with Gasteiger partial charge < -0.3 is 10.2 Å². The summed E-state index contributed by atoms with van der Waals surface area (Å²) in [6.07, 6.45) is 2.63. The number of benzene rings is 1. The molecule has 1 aromatic rings. The number of nitrogens with one attached hydrogen (secondary N) is 1. The molecular formula is C17H27N3O3S. The lowest BCUT2D eigenvalue weighted by Crippen LogP contribution is -2.43. The van der Waals surface area contributed by atoms with Crippen LogP contribution in [0.25, 0.3) is 0 Å². The molecule has 2 rings (SSSR count). The van der Waals surface area contributed by atoms with Crippen LogP contribution in [0, 0.1) is 5.92 Å². The molecule has 1 atom stereocenters. The number of hydrogen-bond donors (Lipinski definition) is 1. The molecule has 1 N–H and O–H groups in total. The standard InChI is InChI=1S/C17H27N3O3S/c1-4-19(5-2)16-10-8-15(9-11-16)18-17(21)14-7-6-12-20(13-14)24(3,22)23/h8-11,14H,4-7,12-13H2,1-3H3,(H,18,21)/t14-/m0/s1. The minimum atomic E-state index is -3.24. The van der Waals surface area contributed by atoms with Gasteiger partial charge >= 0.3 is 0 Å². The van der Waals surface area contributed by atoms with Crippen LogP contribution < -0.4 is 10.2 Å². The van der Waals surface area contributed by atoms with E-state index in [1.807, 2.05) is 24.3 Å². The first kappa shape index (κ1) is 18.7. The highest BCUT2D eigenvalue weighted by Gasteiger charge is 2.30. The normalized spacial score (nSPS) is 19.0. The Balaban J connectivity index is 1.99. The quantitative estimate of drug-likeness (QED) is 0.851. The maximum atomic E-state index is 12.4. The number of amides is 1. The molecular weight excluding hydrogens is 326 g/mol. The third-order valence-corrected chi connectivity index (χ3v) is 5.76. The van der Waals surface area contributed by atoms with E-state index in [0.29, 0.717) is 13.0 Å². The average molecular weight is 353 g/mol. The molecule has 1 amide bonds. The van der Waals surface area contributed by atoms with Crippen LogP contribution in [0.15, 0.2) is 24.3 Å². The van der Waals surface area contributed by atoms with Crippen molar-refractivity contribution in [3.63, 3.8) is 0 Å². The minimum absolute atomic E-state index is 0.112. The second-order valence-corrected chi connectivity index (χ2v) is 8.15. The second-order valence-electron chi connectivity index (χ2n) is 6.17. The van der Waals surface area contributed by atoms with E-state index in [0.717, 1.165) is 30.9 Å². The molecule has 0 bridgehead atoms. The zero-order valence-electron chi connectivity index (χ0n) is 14.7. The van der Waals surface area contributed by atoms with Crippen LogP contribution in [0.2, 0.25) is 0 Å². The third kappa shape index (κ3) is 4.70. The van der Waals surface area contributed by atoms with Gasteiger partial charge in [-0.25, -0.2) is 12.7 Å². The van der Waals surface area contributed by atoms with Crippen LogP contribution in [-0.2, 0) is 14.8 Å². The van der Waals surface area contributed by atoms with Crippen LogP contribution >= 0.6 is 0 Å². The van der Waals surface area contributed by atoms with E-state index in [4.69, 9.17) is 0 Å². The van der Waals surface area contributed by atoms with Gasteiger partial charge in [0.1, 0.15) is 0 Å². The number of rotatable bonds is 6. The summed E-state index contributed by atoms with van der Waals surface area (Å²) < 4.78 is 24.7. The molecule has 1 heterocycles. The molecule has 0 aliphatic carbocycles. The number of sulfonamides is 1. The van der Waals surface area contributed by atoms with Crippen molar-refractivity contribution < 1.29 is 13.2 Å². The topological polar surface area (TPSA) is 69.7 Å². The maximum absolute atomic E-state index is 12.4. The molecule has 1 saturated heterocycles. The molecule has 1 aliphatic rings. The van der Waals surface area contributed by atoms with Crippen molar-refractivity contribution in [2.75, 3.05) is 42.7 Å². The van der Waals surface area contributed by atoms with Crippen LogP contribution in [0.3, 0.4) is 0 Å². The molecule has 7 heteroatoms. The Morgan fingerprint density at radius 1 is 1.25 bits per heavy atom. The molecule has 1 aromatic carbocycles. The number of anilines is 2. The Bertz CT molecular complexity index is 654. The van der Waals surface area contributed by atoms with Crippen molar-refractivity contribution in [3.8, 4) is 0 Å². The average Bonchev–Trinajstić information content (AvgIpc) is 2.57. The van der Waals surface area contributed by atoms with E-state index in [1.54, 1.807) is 0 Å².